The number of aromatic nitrogens is 1. The van der Waals surface area contributed by atoms with Crippen LogP contribution in [0.2, 0.25) is 0 Å². The van der Waals surface area contributed by atoms with Crippen LogP contribution in [-0.2, 0) is 6.54 Å². The number of ketones is 2. The Hall–Kier alpha value is -2.76. The van der Waals surface area contributed by atoms with Crippen LogP contribution in [0.4, 0.5) is 0 Å². The summed E-state index contributed by atoms with van der Waals surface area (Å²) in [6, 6.07) is 21.3. The van der Waals surface area contributed by atoms with Crippen molar-refractivity contribution in [3.63, 3.8) is 0 Å². The lowest BCUT2D eigenvalue weighted by Crippen LogP contribution is -2.00. The molecule has 30 heavy (non-hydrogen) atoms. The minimum absolute atomic E-state index is 0.209. The monoisotopic (exact) mass is 519 g/mol. The molecule has 0 atom stereocenters. The zero-order valence-corrected chi connectivity index (χ0v) is 18.9. The van der Waals surface area contributed by atoms with E-state index in [1.807, 2.05) is 36.5 Å². The van der Waals surface area contributed by atoms with Gasteiger partial charge in [0.05, 0.1) is 5.57 Å². The molecule has 5 rings (SSSR count). The normalized spacial score (nSPS) is 13.2. The molecule has 0 fully saturated rings. The molecule has 0 radical (unpaired) electrons. The number of rotatable bonds is 3. The summed E-state index contributed by atoms with van der Waals surface area (Å²) < 4.78 is 4.13. The van der Waals surface area contributed by atoms with Crippen LogP contribution in [-0.4, -0.2) is 16.1 Å². The van der Waals surface area contributed by atoms with E-state index in [1.54, 1.807) is 30.3 Å². The van der Waals surface area contributed by atoms with E-state index in [-0.39, 0.29) is 17.1 Å². The number of hydrogen-bond acceptors (Lipinski definition) is 2. The molecule has 0 saturated carbocycles. The van der Waals surface area contributed by atoms with E-state index in [0.29, 0.717) is 17.7 Å². The van der Waals surface area contributed by atoms with Crippen molar-refractivity contribution >= 4 is 60.4 Å². The van der Waals surface area contributed by atoms with Gasteiger partial charge in [0, 0.05) is 49.3 Å². The van der Waals surface area contributed by atoms with Gasteiger partial charge >= 0.3 is 0 Å². The molecule has 0 unspecified atom stereocenters. The molecule has 0 bridgehead atoms. The Morgan fingerprint density at radius 1 is 0.800 bits per heavy atom. The van der Waals surface area contributed by atoms with Gasteiger partial charge < -0.3 is 4.57 Å². The Labute approximate surface area is 190 Å². The van der Waals surface area contributed by atoms with Crippen LogP contribution < -0.4 is 0 Å². The van der Waals surface area contributed by atoms with Gasteiger partial charge in [0.2, 0.25) is 0 Å². The number of benzene rings is 3. The average Bonchev–Trinajstić information content (AvgIpc) is 3.20. The largest absolute Gasteiger partial charge is 0.342 e. The molecule has 1 heterocycles. The van der Waals surface area contributed by atoms with Crippen molar-refractivity contribution in [1.82, 2.24) is 4.57 Å². The number of nitrogens with zero attached hydrogens (tertiary/aromatic N) is 1. The van der Waals surface area contributed by atoms with Gasteiger partial charge in [0.1, 0.15) is 0 Å². The van der Waals surface area contributed by atoms with E-state index in [1.165, 1.54) is 0 Å². The first-order valence-electron chi connectivity index (χ1n) is 9.44. The summed E-state index contributed by atoms with van der Waals surface area (Å²) in [7, 11) is 0. The quantitative estimate of drug-likeness (QED) is 0.223. The van der Waals surface area contributed by atoms with Gasteiger partial charge in [0.15, 0.2) is 11.6 Å². The third-order valence-electron chi connectivity index (χ3n) is 5.35. The second kappa shape index (κ2) is 7.49. The SMILES string of the molecule is O=C1C(=Cc2cn(Cc3ccc(Br)cc3)c3ccc(Br)cc23)C(=O)c2ccccc21. The zero-order valence-electron chi connectivity index (χ0n) is 15.7. The molecule has 1 aromatic heterocycles. The van der Waals surface area contributed by atoms with Crippen molar-refractivity contribution in [3.05, 3.63) is 110 Å². The Bertz CT molecular complexity index is 1330. The van der Waals surface area contributed by atoms with Crippen molar-refractivity contribution in [2.75, 3.05) is 0 Å². The van der Waals surface area contributed by atoms with Crippen molar-refractivity contribution in [3.8, 4) is 0 Å². The number of fused-ring (bicyclic) bond motifs is 2. The maximum absolute atomic E-state index is 12.8. The predicted octanol–water partition coefficient (Wildman–Crippen LogP) is 6.68. The molecule has 1 aliphatic rings. The van der Waals surface area contributed by atoms with Crippen LogP contribution >= 0.6 is 31.9 Å². The van der Waals surface area contributed by atoms with Crippen molar-refractivity contribution < 1.29 is 9.59 Å². The van der Waals surface area contributed by atoms with Gasteiger partial charge in [-0.25, -0.2) is 0 Å². The highest BCUT2D eigenvalue weighted by atomic mass is 79.9. The fourth-order valence-corrected chi connectivity index (χ4v) is 4.51. The first-order valence-corrected chi connectivity index (χ1v) is 11.0. The molecule has 0 saturated heterocycles. The maximum Gasteiger partial charge on any atom is 0.197 e. The summed E-state index contributed by atoms with van der Waals surface area (Å²) in [5, 5.41) is 0.991. The fraction of sp³-hybridized carbons (Fsp3) is 0.0400. The average molecular weight is 521 g/mol. The number of halogens is 2. The highest BCUT2D eigenvalue weighted by molar-refractivity contribution is 9.10. The standard InChI is InChI=1S/C25H15Br2NO2/c26-17-7-5-15(6-8-17)13-28-14-16(21-12-18(27)9-10-23(21)28)11-22-24(29)19-3-1-2-4-20(19)25(22)30/h1-12,14H,13H2. The Kier molecular flexibility index (Phi) is 4.80. The summed E-state index contributed by atoms with van der Waals surface area (Å²) in [4.78, 5) is 25.7. The van der Waals surface area contributed by atoms with E-state index in [0.717, 1.165) is 31.0 Å². The van der Waals surface area contributed by atoms with E-state index < -0.39 is 0 Å². The molecular formula is C25H15Br2NO2. The molecule has 0 aliphatic heterocycles. The zero-order chi connectivity index (χ0) is 20.8. The molecule has 146 valence electrons. The van der Waals surface area contributed by atoms with E-state index in [9.17, 15) is 9.59 Å². The van der Waals surface area contributed by atoms with E-state index >= 15 is 0 Å². The maximum atomic E-state index is 12.8. The second-order valence-corrected chi connectivity index (χ2v) is 9.09. The Morgan fingerprint density at radius 3 is 2.10 bits per heavy atom. The van der Waals surface area contributed by atoms with Gasteiger partial charge in [-0.1, -0.05) is 68.3 Å². The number of hydrogen-bond donors (Lipinski definition) is 0. The summed E-state index contributed by atoms with van der Waals surface area (Å²) in [5.74, 6) is -0.418. The minimum Gasteiger partial charge on any atom is -0.342 e. The molecule has 0 amide bonds. The molecule has 1 aliphatic carbocycles. The van der Waals surface area contributed by atoms with Crippen LogP contribution in [0.15, 0.2) is 87.4 Å². The van der Waals surface area contributed by atoms with E-state index in [2.05, 4.69) is 48.6 Å². The molecule has 4 aromatic rings. The Balaban J connectivity index is 1.62. The lowest BCUT2D eigenvalue weighted by atomic mass is 10.1. The van der Waals surface area contributed by atoms with Gasteiger partial charge in [0.25, 0.3) is 0 Å². The topological polar surface area (TPSA) is 39.1 Å². The molecule has 0 N–H and O–H groups in total. The third-order valence-corrected chi connectivity index (χ3v) is 6.37. The highest BCUT2D eigenvalue weighted by Gasteiger charge is 2.32. The highest BCUT2D eigenvalue weighted by Crippen LogP contribution is 2.32. The number of carbonyl (C=O) groups excluding carboxylic acids is 2. The van der Waals surface area contributed by atoms with Crippen LogP contribution in [0.25, 0.3) is 17.0 Å². The molecule has 0 spiro atoms. The van der Waals surface area contributed by atoms with Gasteiger partial charge in [-0.2, -0.15) is 0 Å². The first kappa shape index (κ1) is 19.2. The van der Waals surface area contributed by atoms with Crippen molar-refractivity contribution in [2.45, 2.75) is 6.54 Å². The van der Waals surface area contributed by atoms with Crippen LogP contribution in [0, 0.1) is 0 Å². The van der Waals surface area contributed by atoms with Crippen molar-refractivity contribution in [2.24, 2.45) is 0 Å². The summed E-state index contributed by atoms with van der Waals surface area (Å²) in [6.45, 7) is 0.691. The molecular weight excluding hydrogens is 506 g/mol. The molecule has 5 heteroatoms. The smallest absolute Gasteiger partial charge is 0.197 e. The van der Waals surface area contributed by atoms with Gasteiger partial charge in [-0.15, -0.1) is 0 Å². The summed E-state index contributed by atoms with van der Waals surface area (Å²) in [5.41, 5.74) is 4.25. The fourth-order valence-electron chi connectivity index (χ4n) is 3.89. The number of allylic oxidation sites excluding steroid dienone is 1. The first-order chi connectivity index (χ1) is 14.5. The van der Waals surface area contributed by atoms with Gasteiger partial charge in [-0.3, -0.25) is 9.59 Å². The number of Topliss-reactive ketones (excluding diaryl/α,β-unsaturated/α-hetero) is 2. The summed E-state index contributed by atoms with van der Waals surface area (Å²) in [6.07, 6.45) is 3.74. The lowest BCUT2D eigenvalue weighted by Gasteiger charge is -2.06. The van der Waals surface area contributed by atoms with Crippen LogP contribution in [0.1, 0.15) is 31.8 Å². The molecule has 3 nitrogen and oxygen atoms in total. The Morgan fingerprint density at radius 2 is 1.43 bits per heavy atom. The van der Waals surface area contributed by atoms with Gasteiger partial charge in [-0.05, 0) is 42.0 Å². The summed E-state index contributed by atoms with van der Waals surface area (Å²) >= 11 is 7.01. The second-order valence-electron chi connectivity index (χ2n) is 7.26. The minimum atomic E-state index is -0.209. The third kappa shape index (κ3) is 3.28. The van der Waals surface area contributed by atoms with Crippen LogP contribution in [0.3, 0.4) is 0 Å². The predicted molar refractivity (Wildman–Crippen MR) is 126 cm³/mol. The lowest BCUT2D eigenvalue weighted by molar-refractivity contribution is 0.0990. The van der Waals surface area contributed by atoms with Crippen LogP contribution in [0.5, 0.6) is 0 Å². The molecule has 3 aromatic carbocycles. The van der Waals surface area contributed by atoms with Crippen molar-refractivity contribution in [1.29, 1.82) is 0 Å². The van der Waals surface area contributed by atoms with E-state index in [4.69, 9.17) is 0 Å². The number of carbonyl (C=O) groups is 2.